The van der Waals surface area contributed by atoms with Crippen molar-refractivity contribution in [3.8, 4) is 5.69 Å². The van der Waals surface area contributed by atoms with Crippen LogP contribution in [-0.2, 0) is 11.7 Å². The van der Waals surface area contributed by atoms with Crippen LogP contribution < -0.4 is 4.90 Å². The van der Waals surface area contributed by atoms with Crippen LogP contribution in [0.15, 0.2) is 36.7 Å². The molecule has 1 fully saturated rings. The summed E-state index contributed by atoms with van der Waals surface area (Å²) in [5.74, 6) is -0.849. The second-order valence-electron chi connectivity index (χ2n) is 8.19. The van der Waals surface area contributed by atoms with Crippen molar-refractivity contribution in [3.05, 3.63) is 65.5 Å². The van der Waals surface area contributed by atoms with Crippen molar-refractivity contribution in [2.75, 3.05) is 11.4 Å². The Balaban J connectivity index is 1.63. The zero-order chi connectivity index (χ0) is 22.7. The van der Waals surface area contributed by atoms with E-state index in [-0.39, 0.29) is 11.0 Å². The van der Waals surface area contributed by atoms with Gasteiger partial charge in [-0.1, -0.05) is 0 Å². The van der Waals surface area contributed by atoms with Crippen LogP contribution in [0.1, 0.15) is 36.7 Å². The minimum atomic E-state index is -4.79. The van der Waals surface area contributed by atoms with Crippen LogP contribution in [0.25, 0.3) is 16.7 Å². The van der Waals surface area contributed by atoms with Gasteiger partial charge in [0.25, 0.3) is 0 Å². The summed E-state index contributed by atoms with van der Waals surface area (Å²) >= 11 is 0. The monoisotopic (exact) mass is 443 g/mol. The molecule has 165 valence electrons. The maximum Gasteiger partial charge on any atom is 0.419 e. The van der Waals surface area contributed by atoms with Crippen LogP contribution in [0.2, 0.25) is 0 Å². The smallest absolute Gasteiger partial charge is 0.357 e. The average Bonchev–Trinajstić information content (AvgIpc) is 3.46. The van der Waals surface area contributed by atoms with Gasteiger partial charge in [0.15, 0.2) is 0 Å². The topological polar surface area (TPSA) is 62.6 Å². The lowest BCUT2D eigenvalue weighted by Gasteiger charge is -2.36. The average molecular weight is 443 g/mol. The van der Waals surface area contributed by atoms with Gasteiger partial charge in [-0.2, -0.15) is 23.4 Å². The van der Waals surface area contributed by atoms with Gasteiger partial charge in [-0.25, -0.2) is 9.37 Å². The number of nitrogens with zero attached hydrogens (tertiary/aromatic N) is 5. The Morgan fingerprint density at radius 2 is 1.91 bits per heavy atom. The largest absolute Gasteiger partial charge is 0.419 e. The molecule has 32 heavy (non-hydrogen) atoms. The van der Waals surface area contributed by atoms with E-state index in [1.54, 1.807) is 12.4 Å². The van der Waals surface area contributed by atoms with Crippen LogP contribution in [-0.4, -0.2) is 31.5 Å². The number of hydrogen-bond acceptors (Lipinski definition) is 4. The maximum atomic E-state index is 14.1. The van der Waals surface area contributed by atoms with Gasteiger partial charge in [-0.05, 0) is 50.5 Å². The molecule has 0 unspecified atom stereocenters. The zero-order valence-electron chi connectivity index (χ0n) is 17.3. The lowest BCUT2D eigenvalue weighted by Crippen LogP contribution is -2.40. The molecule has 1 atom stereocenters. The Labute approximate surface area is 180 Å². The lowest BCUT2D eigenvalue weighted by molar-refractivity contribution is -0.139. The molecule has 1 aliphatic rings. The minimum absolute atomic E-state index is 0.0755. The first kappa shape index (κ1) is 20.5. The summed E-state index contributed by atoms with van der Waals surface area (Å²) in [7, 11) is 0. The number of alkyl halides is 3. The number of rotatable bonds is 3. The summed E-state index contributed by atoms with van der Waals surface area (Å²) in [6.07, 6.45) is -0.0832. The number of hydrogen-bond donors (Lipinski definition) is 1. The highest BCUT2D eigenvalue weighted by molar-refractivity contribution is 5.77. The molecule has 2 aromatic heterocycles. The third-order valence-electron chi connectivity index (χ3n) is 5.98. The molecule has 10 heteroatoms. The Kier molecular flexibility index (Phi) is 4.51. The van der Waals surface area contributed by atoms with E-state index in [1.165, 1.54) is 4.80 Å². The number of aromatic amines is 1. The van der Waals surface area contributed by atoms with Gasteiger partial charge in [0.1, 0.15) is 17.3 Å². The first-order valence-electron chi connectivity index (χ1n) is 10.1. The second-order valence-corrected chi connectivity index (χ2v) is 8.19. The van der Waals surface area contributed by atoms with Crippen molar-refractivity contribution in [3.63, 3.8) is 0 Å². The molecule has 3 heterocycles. The fourth-order valence-electron chi connectivity index (χ4n) is 4.38. The van der Waals surface area contributed by atoms with Gasteiger partial charge in [0.05, 0.1) is 40.2 Å². The third-order valence-corrected chi connectivity index (χ3v) is 5.98. The number of nitrogens with one attached hydrogen (secondary N) is 1. The van der Waals surface area contributed by atoms with Crippen molar-refractivity contribution in [2.45, 2.75) is 38.4 Å². The molecule has 0 amide bonds. The minimum Gasteiger partial charge on any atom is -0.357 e. The van der Waals surface area contributed by atoms with Gasteiger partial charge >= 0.3 is 6.18 Å². The molecule has 1 N–H and O–H groups in total. The van der Waals surface area contributed by atoms with Crippen molar-refractivity contribution in [1.82, 2.24) is 25.0 Å². The van der Waals surface area contributed by atoms with Crippen molar-refractivity contribution in [1.29, 1.82) is 0 Å². The second kappa shape index (κ2) is 7.04. The first-order chi connectivity index (χ1) is 15.2. The predicted octanol–water partition coefficient (Wildman–Crippen LogP) is 4.93. The normalized spacial score (nSPS) is 19.2. The molecule has 0 spiro atoms. The molecule has 1 aliphatic heterocycles. The summed E-state index contributed by atoms with van der Waals surface area (Å²) < 4.78 is 53.6. The van der Waals surface area contributed by atoms with Crippen LogP contribution >= 0.6 is 0 Å². The number of aromatic nitrogens is 5. The summed E-state index contributed by atoms with van der Waals surface area (Å²) in [4.78, 5) is 11.1. The molecule has 0 aliphatic carbocycles. The van der Waals surface area contributed by atoms with E-state index in [2.05, 4.69) is 31.1 Å². The number of benzene rings is 2. The number of halogens is 4. The SMILES string of the molecule is Cc1c[c]c(-n2nccn2)c(N2CCC[C@@]2(C)c2nc3cc(C(F)(F)F)c(F)cc3[nH]2)c1. The van der Waals surface area contributed by atoms with E-state index >= 15 is 0 Å². The van der Waals surface area contributed by atoms with Crippen LogP contribution in [0.5, 0.6) is 0 Å². The van der Waals surface area contributed by atoms with E-state index in [4.69, 9.17) is 0 Å². The molecule has 0 saturated carbocycles. The van der Waals surface area contributed by atoms with E-state index < -0.39 is 23.1 Å². The first-order valence-corrected chi connectivity index (χ1v) is 10.1. The maximum absolute atomic E-state index is 14.1. The van der Waals surface area contributed by atoms with Gasteiger partial charge < -0.3 is 9.88 Å². The zero-order valence-corrected chi connectivity index (χ0v) is 17.3. The fraction of sp³-hybridized carbons (Fsp3) is 0.318. The highest BCUT2D eigenvalue weighted by atomic mass is 19.4. The summed E-state index contributed by atoms with van der Waals surface area (Å²) in [6.45, 7) is 4.62. The quantitative estimate of drug-likeness (QED) is 0.457. The van der Waals surface area contributed by atoms with E-state index in [9.17, 15) is 17.6 Å². The van der Waals surface area contributed by atoms with Crippen molar-refractivity contribution in [2.24, 2.45) is 0 Å². The lowest BCUT2D eigenvalue weighted by atomic mass is 9.97. The Morgan fingerprint density at radius 3 is 2.62 bits per heavy atom. The molecule has 0 bridgehead atoms. The number of aryl methyl sites for hydroxylation is 1. The van der Waals surface area contributed by atoms with E-state index in [1.807, 2.05) is 26.0 Å². The molecule has 5 rings (SSSR count). The fourth-order valence-corrected chi connectivity index (χ4v) is 4.38. The standard InChI is InChI=1S/C22H19F4N6/c1-13-4-5-18(32-27-7-8-28-32)19(10-13)31-9-3-6-21(31,2)20-29-16-11-14(22(24,25)26)15(23)12-17(16)30-20/h4,7-8,10-12H,3,6,9H2,1-2H3,(H,29,30)/t21-/m0/s1. The Morgan fingerprint density at radius 1 is 1.16 bits per heavy atom. The number of fused-ring (bicyclic) bond motifs is 1. The Hall–Kier alpha value is -3.43. The van der Waals surface area contributed by atoms with Crippen LogP contribution in [0.3, 0.4) is 0 Å². The summed E-state index contributed by atoms with van der Waals surface area (Å²) in [6, 6.07) is 8.69. The molecule has 4 aromatic rings. The molecular formula is C22H19F4N6. The summed E-state index contributed by atoms with van der Waals surface area (Å²) in [5, 5.41) is 8.44. The summed E-state index contributed by atoms with van der Waals surface area (Å²) in [5.41, 5.74) is 0.815. The molecule has 1 saturated heterocycles. The predicted molar refractivity (Wildman–Crippen MR) is 110 cm³/mol. The molecule has 6 nitrogen and oxygen atoms in total. The van der Waals surface area contributed by atoms with Gasteiger partial charge in [0, 0.05) is 18.7 Å². The highest BCUT2D eigenvalue weighted by Gasteiger charge is 2.42. The van der Waals surface area contributed by atoms with Crippen LogP contribution in [0, 0.1) is 18.8 Å². The molecular weight excluding hydrogens is 424 g/mol. The van der Waals surface area contributed by atoms with E-state index in [0.717, 1.165) is 29.8 Å². The number of anilines is 1. The molecule has 1 radical (unpaired) electrons. The van der Waals surface area contributed by atoms with Gasteiger partial charge in [-0.3, -0.25) is 0 Å². The molecule has 2 aromatic carbocycles. The third kappa shape index (κ3) is 3.21. The van der Waals surface area contributed by atoms with Crippen LogP contribution in [0.4, 0.5) is 23.2 Å². The van der Waals surface area contributed by atoms with Gasteiger partial charge in [0.2, 0.25) is 0 Å². The number of imidazole rings is 1. The van der Waals surface area contributed by atoms with Gasteiger partial charge in [-0.15, -0.1) is 4.80 Å². The van der Waals surface area contributed by atoms with Crippen molar-refractivity contribution < 1.29 is 17.6 Å². The van der Waals surface area contributed by atoms with E-state index in [0.29, 0.717) is 24.5 Å². The Bertz CT molecular complexity index is 1290. The highest BCUT2D eigenvalue weighted by Crippen LogP contribution is 2.43. The van der Waals surface area contributed by atoms with Crippen molar-refractivity contribution >= 4 is 16.7 Å². The number of H-pyrrole nitrogens is 1.